The zero-order chi connectivity index (χ0) is 7.72. The predicted molar refractivity (Wildman–Crippen MR) is 33.7 cm³/mol. The Labute approximate surface area is 58.1 Å². The molecule has 4 heteroatoms. The van der Waals surface area contributed by atoms with Gasteiger partial charge in [0.2, 0.25) is 6.20 Å². The van der Waals surface area contributed by atoms with Crippen LogP contribution >= 0.6 is 0 Å². The number of nitrogens with one attached hydrogen (secondary N) is 1. The van der Waals surface area contributed by atoms with E-state index in [1.807, 2.05) is 0 Å². The van der Waals surface area contributed by atoms with Crippen LogP contribution in [0.1, 0.15) is 16.1 Å². The monoisotopic (exact) mass is 141 g/mol. The van der Waals surface area contributed by atoms with Crippen molar-refractivity contribution in [3.05, 3.63) is 17.5 Å². The van der Waals surface area contributed by atoms with Crippen molar-refractivity contribution < 1.29 is 14.6 Å². The molecule has 1 aromatic heterocycles. The molecule has 4 nitrogen and oxygen atoms in total. The second kappa shape index (κ2) is 2.13. The maximum atomic E-state index is 10.4. The van der Waals surface area contributed by atoms with Crippen LogP contribution in [0.4, 0.5) is 0 Å². The number of rotatable bonds is 1. The molecule has 0 aliphatic heterocycles. The third kappa shape index (κ3) is 1.00. The lowest BCUT2D eigenvalue weighted by atomic mass is 10.3. The summed E-state index contributed by atoms with van der Waals surface area (Å²) in [5.41, 5.74) is 0.998. The maximum absolute atomic E-state index is 10.4. The molecule has 1 rings (SSSR count). The van der Waals surface area contributed by atoms with Crippen molar-refractivity contribution in [1.82, 2.24) is 5.10 Å². The zero-order valence-corrected chi connectivity index (χ0v) is 5.88. The molecular weight excluding hydrogens is 132 g/mol. The molecule has 10 heavy (non-hydrogen) atoms. The van der Waals surface area contributed by atoms with Gasteiger partial charge in [-0.25, -0.2) is 4.79 Å². The van der Waals surface area contributed by atoms with E-state index in [-0.39, 0.29) is 0 Å². The Morgan fingerprint density at radius 1 is 1.80 bits per heavy atom. The number of carbonyl (C=O) groups is 1. The van der Waals surface area contributed by atoms with Gasteiger partial charge in [0.15, 0.2) is 7.05 Å². The summed E-state index contributed by atoms with van der Waals surface area (Å²) in [6.07, 6.45) is 1.54. The van der Waals surface area contributed by atoms with Crippen LogP contribution in [-0.2, 0) is 7.05 Å². The van der Waals surface area contributed by atoms with Crippen LogP contribution in [0.2, 0.25) is 0 Å². The van der Waals surface area contributed by atoms with Gasteiger partial charge in [-0.05, 0) is 6.92 Å². The molecule has 0 aliphatic rings. The van der Waals surface area contributed by atoms with E-state index in [0.29, 0.717) is 11.3 Å². The SMILES string of the molecule is Cc1[nH][n+](C)cc1C(=O)O. The van der Waals surface area contributed by atoms with Gasteiger partial charge < -0.3 is 5.11 Å². The van der Waals surface area contributed by atoms with E-state index in [4.69, 9.17) is 5.11 Å². The van der Waals surface area contributed by atoms with E-state index in [0.717, 1.165) is 0 Å². The lowest BCUT2D eigenvalue weighted by Crippen LogP contribution is -2.28. The first-order valence-corrected chi connectivity index (χ1v) is 2.90. The van der Waals surface area contributed by atoms with Crippen molar-refractivity contribution in [3.8, 4) is 0 Å². The van der Waals surface area contributed by atoms with Gasteiger partial charge in [-0.3, -0.25) is 0 Å². The van der Waals surface area contributed by atoms with Gasteiger partial charge in [0.05, 0.1) is 5.69 Å². The molecule has 0 unspecified atom stereocenters. The van der Waals surface area contributed by atoms with E-state index in [1.54, 1.807) is 18.7 Å². The lowest BCUT2D eigenvalue weighted by molar-refractivity contribution is -0.727. The molecule has 54 valence electrons. The van der Waals surface area contributed by atoms with Crippen molar-refractivity contribution in [2.24, 2.45) is 7.05 Å². The number of hydrogen-bond acceptors (Lipinski definition) is 1. The molecule has 0 aliphatic carbocycles. The first-order chi connectivity index (χ1) is 4.61. The average Bonchev–Trinajstić information content (AvgIpc) is 2.10. The molecule has 0 saturated carbocycles. The van der Waals surface area contributed by atoms with Crippen LogP contribution in [0.25, 0.3) is 0 Å². The number of aromatic carboxylic acids is 1. The van der Waals surface area contributed by atoms with Gasteiger partial charge >= 0.3 is 5.97 Å². The highest BCUT2D eigenvalue weighted by molar-refractivity contribution is 5.88. The summed E-state index contributed by atoms with van der Waals surface area (Å²) in [6.45, 7) is 1.73. The topological polar surface area (TPSA) is 57.0 Å². The van der Waals surface area contributed by atoms with Crippen LogP contribution in [0, 0.1) is 6.92 Å². The Balaban J connectivity index is 3.15. The van der Waals surface area contributed by atoms with E-state index in [2.05, 4.69) is 5.10 Å². The molecule has 1 heterocycles. The van der Waals surface area contributed by atoms with Gasteiger partial charge in [0.1, 0.15) is 5.56 Å². The van der Waals surface area contributed by atoms with Crippen LogP contribution in [0.5, 0.6) is 0 Å². The summed E-state index contributed by atoms with van der Waals surface area (Å²) in [7, 11) is 1.75. The van der Waals surface area contributed by atoms with Gasteiger partial charge in [-0.2, -0.15) is 5.10 Å². The molecular formula is C6H9N2O2+. The van der Waals surface area contributed by atoms with Crippen LogP contribution in [0.15, 0.2) is 6.20 Å². The quantitative estimate of drug-likeness (QED) is 0.534. The summed E-state index contributed by atoms with van der Waals surface area (Å²) in [5, 5.41) is 11.4. The molecule has 0 atom stereocenters. The number of aryl methyl sites for hydroxylation is 2. The molecule has 0 spiro atoms. The highest BCUT2D eigenvalue weighted by atomic mass is 16.4. The molecule has 0 aromatic carbocycles. The molecule has 0 amide bonds. The summed E-state index contributed by atoms with van der Waals surface area (Å²) in [4.78, 5) is 10.4. The Kier molecular flexibility index (Phi) is 1.45. The smallest absolute Gasteiger partial charge is 0.343 e. The van der Waals surface area contributed by atoms with Crippen molar-refractivity contribution in [2.75, 3.05) is 0 Å². The number of H-pyrrole nitrogens is 1. The second-order valence-electron chi connectivity index (χ2n) is 2.20. The maximum Gasteiger partial charge on any atom is 0.343 e. The summed E-state index contributed by atoms with van der Waals surface area (Å²) in [6, 6.07) is 0. The highest BCUT2D eigenvalue weighted by Gasteiger charge is 2.13. The fraction of sp³-hybridized carbons (Fsp3) is 0.333. The third-order valence-electron chi connectivity index (χ3n) is 1.30. The van der Waals surface area contributed by atoms with E-state index < -0.39 is 5.97 Å². The molecule has 0 bridgehead atoms. The van der Waals surface area contributed by atoms with E-state index >= 15 is 0 Å². The number of nitrogens with zero attached hydrogens (tertiary/aromatic N) is 1. The zero-order valence-electron chi connectivity index (χ0n) is 5.88. The largest absolute Gasteiger partial charge is 0.477 e. The van der Waals surface area contributed by atoms with Crippen molar-refractivity contribution in [1.29, 1.82) is 0 Å². The molecule has 0 fully saturated rings. The van der Waals surface area contributed by atoms with Crippen molar-refractivity contribution in [3.63, 3.8) is 0 Å². The summed E-state index contributed by atoms with van der Waals surface area (Å²) >= 11 is 0. The van der Waals surface area contributed by atoms with Crippen LogP contribution in [0.3, 0.4) is 0 Å². The number of aromatic nitrogens is 2. The lowest BCUT2D eigenvalue weighted by Gasteiger charge is -1.81. The highest BCUT2D eigenvalue weighted by Crippen LogP contribution is 1.99. The van der Waals surface area contributed by atoms with Gasteiger partial charge in [-0.1, -0.05) is 0 Å². The van der Waals surface area contributed by atoms with Crippen molar-refractivity contribution >= 4 is 5.97 Å². The summed E-state index contributed by atoms with van der Waals surface area (Å²) in [5.74, 6) is -0.894. The van der Waals surface area contributed by atoms with Gasteiger partial charge in [0.25, 0.3) is 0 Å². The van der Waals surface area contributed by atoms with E-state index in [1.165, 1.54) is 6.20 Å². The molecule has 0 saturated heterocycles. The number of aromatic amines is 1. The minimum atomic E-state index is -0.894. The first kappa shape index (κ1) is 6.80. The number of hydrogen-bond donors (Lipinski definition) is 2. The van der Waals surface area contributed by atoms with Crippen molar-refractivity contribution in [2.45, 2.75) is 6.92 Å². The predicted octanol–water partition coefficient (Wildman–Crippen LogP) is -0.154. The van der Waals surface area contributed by atoms with E-state index in [9.17, 15) is 4.79 Å². The summed E-state index contributed by atoms with van der Waals surface area (Å²) < 4.78 is 1.61. The Hall–Kier alpha value is -1.32. The fourth-order valence-corrected chi connectivity index (χ4v) is 0.863. The molecule has 0 radical (unpaired) electrons. The number of carboxylic acid groups (broad SMARTS) is 1. The van der Waals surface area contributed by atoms with Crippen LogP contribution in [-0.4, -0.2) is 16.2 Å². The fourth-order valence-electron chi connectivity index (χ4n) is 0.863. The van der Waals surface area contributed by atoms with Gasteiger partial charge in [-0.15, -0.1) is 4.68 Å². The standard InChI is InChI=1S/C6H8N2O2/c1-4-5(6(9)10)3-8(2)7-4/h3H,1-2H3,(H,9,10)/p+1. The minimum absolute atomic E-state index is 0.322. The Morgan fingerprint density at radius 3 is 2.60 bits per heavy atom. The Morgan fingerprint density at radius 2 is 2.40 bits per heavy atom. The third-order valence-corrected chi connectivity index (χ3v) is 1.30. The Bertz CT molecular complexity index is 265. The molecule has 1 aromatic rings. The second-order valence-corrected chi connectivity index (χ2v) is 2.20. The van der Waals surface area contributed by atoms with Crippen LogP contribution < -0.4 is 4.68 Å². The normalized spacial score (nSPS) is 9.80. The molecule has 2 N–H and O–H groups in total. The van der Waals surface area contributed by atoms with Gasteiger partial charge in [0, 0.05) is 0 Å². The first-order valence-electron chi connectivity index (χ1n) is 2.90. The minimum Gasteiger partial charge on any atom is -0.477 e. The number of carboxylic acids is 1. The average molecular weight is 141 g/mol.